The zero-order valence-corrected chi connectivity index (χ0v) is 14.5. The van der Waals surface area contributed by atoms with Crippen LogP contribution in [0.1, 0.15) is 20.1 Å². The van der Waals surface area contributed by atoms with Crippen LogP contribution in [0.15, 0.2) is 36.5 Å². The lowest BCUT2D eigenvalue weighted by molar-refractivity contribution is 0.0633. The normalized spacial score (nSPS) is 16.0. The SMILES string of the molecule is Cc1ccc(C(=O)N2CCN(Cc3ccc4cn[nH]c4c3)CC2)s1. The van der Waals surface area contributed by atoms with Crippen LogP contribution in [0, 0.1) is 6.92 Å². The average Bonchev–Trinajstić information content (AvgIpc) is 3.23. The first-order chi connectivity index (χ1) is 11.7. The van der Waals surface area contributed by atoms with Gasteiger partial charge in [-0.2, -0.15) is 5.10 Å². The Kier molecular flexibility index (Phi) is 4.08. The molecule has 1 aliphatic rings. The van der Waals surface area contributed by atoms with E-state index in [0.29, 0.717) is 0 Å². The van der Waals surface area contributed by atoms with Gasteiger partial charge in [-0.25, -0.2) is 0 Å². The summed E-state index contributed by atoms with van der Waals surface area (Å²) in [6.45, 7) is 6.36. The van der Waals surface area contributed by atoms with E-state index >= 15 is 0 Å². The molecule has 6 heteroatoms. The van der Waals surface area contributed by atoms with Crippen molar-refractivity contribution in [3.8, 4) is 0 Å². The van der Waals surface area contributed by atoms with Crippen LogP contribution >= 0.6 is 11.3 Å². The number of hydrogen-bond donors (Lipinski definition) is 1. The van der Waals surface area contributed by atoms with Gasteiger partial charge in [-0.15, -0.1) is 11.3 Å². The number of carbonyl (C=O) groups is 1. The molecule has 1 amide bonds. The van der Waals surface area contributed by atoms with Crippen molar-refractivity contribution in [3.05, 3.63) is 51.8 Å². The first kappa shape index (κ1) is 15.4. The van der Waals surface area contributed by atoms with Crippen LogP contribution in [0.3, 0.4) is 0 Å². The van der Waals surface area contributed by atoms with E-state index in [-0.39, 0.29) is 5.91 Å². The molecule has 1 aliphatic heterocycles. The quantitative estimate of drug-likeness (QED) is 0.798. The van der Waals surface area contributed by atoms with Gasteiger partial charge in [0, 0.05) is 43.0 Å². The topological polar surface area (TPSA) is 52.2 Å². The molecule has 0 unspecified atom stereocenters. The third-order valence-corrected chi connectivity index (χ3v) is 5.51. The molecule has 1 aromatic carbocycles. The summed E-state index contributed by atoms with van der Waals surface area (Å²) in [7, 11) is 0. The highest BCUT2D eigenvalue weighted by atomic mass is 32.1. The van der Waals surface area contributed by atoms with E-state index in [1.807, 2.05) is 30.2 Å². The highest BCUT2D eigenvalue weighted by Gasteiger charge is 2.23. The molecule has 5 nitrogen and oxygen atoms in total. The van der Waals surface area contributed by atoms with E-state index in [1.54, 1.807) is 11.3 Å². The van der Waals surface area contributed by atoms with Gasteiger partial charge in [0.15, 0.2) is 0 Å². The number of hydrogen-bond acceptors (Lipinski definition) is 4. The minimum atomic E-state index is 0.173. The van der Waals surface area contributed by atoms with Gasteiger partial charge in [0.2, 0.25) is 0 Å². The number of amides is 1. The van der Waals surface area contributed by atoms with Crippen molar-refractivity contribution in [1.82, 2.24) is 20.0 Å². The summed E-state index contributed by atoms with van der Waals surface area (Å²) in [5.74, 6) is 0.173. The van der Waals surface area contributed by atoms with Crippen LogP contribution in [0.2, 0.25) is 0 Å². The second kappa shape index (κ2) is 6.37. The maximum absolute atomic E-state index is 12.5. The van der Waals surface area contributed by atoms with Crippen molar-refractivity contribution < 1.29 is 4.79 Å². The molecule has 4 rings (SSSR count). The molecular weight excluding hydrogens is 320 g/mol. The molecule has 24 heavy (non-hydrogen) atoms. The van der Waals surface area contributed by atoms with Gasteiger partial charge in [0.1, 0.15) is 0 Å². The first-order valence-corrected chi connectivity index (χ1v) is 9.01. The van der Waals surface area contributed by atoms with Crippen LogP contribution in [-0.4, -0.2) is 52.1 Å². The van der Waals surface area contributed by atoms with Crippen LogP contribution in [0.25, 0.3) is 10.9 Å². The lowest BCUT2D eigenvalue weighted by Gasteiger charge is -2.34. The van der Waals surface area contributed by atoms with Gasteiger partial charge in [-0.1, -0.05) is 12.1 Å². The highest BCUT2D eigenvalue weighted by molar-refractivity contribution is 7.13. The molecular formula is C18H20N4OS. The number of rotatable bonds is 3. The molecule has 0 saturated carbocycles. The largest absolute Gasteiger partial charge is 0.335 e. The second-order valence-electron chi connectivity index (χ2n) is 6.27. The van der Waals surface area contributed by atoms with Crippen molar-refractivity contribution in [1.29, 1.82) is 0 Å². The number of aryl methyl sites for hydroxylation is 1. The summed E-state index contributed by atoms with van der Waals surface area (Å²) in [5, 5.41) is 8.23. The van der Waals surface area contributed by atoms with Crippen LogP contribution in [0.4, 0.5) is 0 Å². The Morgan fingerprint density at radius 3 is 2.79 bits per heavy atom. The van der Waals surface area contributed by atoms with Crippen LogP contribution in [-0.2, 0) is 6.54 Å². The van der Waals surface area contributed by atoms with Crippen molar-refractivity contribution in [2.45, 2.75) is 13.5 Å². The molecule has 3 aromatic rings. The Labute approximate surface area is 144 Å². The van der Waals surface area contributed by atoms with Gasteiger partial charge in [0.25, 0.3) is 5.91 Å². The summed E-state index contributed by atoms with van der Waals surface area (Å²) in [6, 6.07) is 10.4. The molecule has 0 atom stereocenters. The summed E-state index contributed by atoms with van der Waals surface area (Å²) < 4.78 is 0. The van der Waals surface area contributed by atoms with E-state index < -0.39 is 0 Å². The Balaban J connectivity index is 1.36. The molecule has 2 aromatic heterocycles. The Morgan fingerprint density at radius 2 is 2.04 bits per heavy atom. The zero-order valence-electron chi connectivity index (χ0n) is 13.7. The van der Waals surface area contributed by atoms with E-state index in [2.05, 4.69) is 33.3 Å². The lowest BCUT2D eigenvalue weighted by Crippen LogP contribution is -2.48. The summed E-state index contributed by atoms with van der Waals surface area (Å²) >= 11 is 1.58. The predicted octanol–water partition coefficient (Wildman–Crippen LogP) is 2.89. The average molecular weight is 340 g/mol. The molecule has 1 N–H and O–H groups in total. The zero-order chi connectivity index (χ0) is 16.5. The van der Waals surface area contributed by atoms with E-state index in [1.165, 1.54) is 10.4 Å². The van der Waals surface area contributed by atoms with E-state index in [4.69, 9.17) is 0 Å². The van der Waals surface area contributed by atoms with Crippen molar-refractivity contribution in [3.63, 3.8) is 0 Å². The monoisotopic (exact) mass is 340 g/mol. The number of thiophene rings is 1. The lowest BCUT2D eigenvalue weighted by atomic mass is 10.1. The number of piperazine rings is 1. The maximum atomic E-state index is 12.5. The summed E-state index contributed by atoms with van der Waals surface area (Å²) in [5.41, 5.74) is 2.36. The molecule has 0 radical (unpaired) electrons. The third kappa shape index (κ3) is 3.07. The van der Waals surface area contributed by atoms with Crippen molar-refractivity contribution in [2.75, 3.05) is 26.2 Å². The van der Waals surface area contributed by atoms with Gasteiger partial charge >= 0.3 is 0 Å². The number of fused-ring (bicyclic) bond motifs is 1. The van der Waals surface area contributed by atoms with E-state index in [9.17, 15) is 4.79 Å². The molecule has 3 heterocycles. The van der Waals surface area contributed by atoms with E-state index in [0.717, 1.165) is 48.5 Å². The highest BCUT2D eigenvalue weighted by Crippen LogP contribution is 2.19. The van der Waals surface area contributed by atoms with Gasteiger partial charge in [-0.3, -0.25) is 14.8 Å². The Morgan fingerprint density at radius 1 is 1.21 bits per heavy atom. The number of nitrogens with one attached hydrogen (secondary N) is 1. The fraction of sp³-hybridized carbons (Fsp3) is 0.333. The molecule has 124 valence electrons. The minimum Gasteiger partial charge on any atom is -0.335 e. The van der Waals surface area contributed by atoms with Crippen LogP contribution in [0.5, 0.6) is 0 Å². The van der Waals surface area contributed by atoms with Crippen LogP contribution < -0.4 is 0 Å². The van der Waals surface area contributed by atoms with Crippen molar-refractivity contribution in [2.24, 2.45) is 0 Å². The minimum absolute atomic E-state index is 0.173. The Hall–Kier alpha value is -2.18. The number of H-pyrrole nitrogens is 1. The molecule has 0 aliphatic carbocycles. The fourth-order valence-electron chi connectivity index (χ4n) is 3.16. The number of aromatic amines is 1. The molecule has 0 bridgehead atoms. The Bertz CT molecular complexity index is 861. The number of aromatic nitrogens is 2. The molecule has 0 spiro atoms. The molecule has 1 fully saturated rings. The number of nitrogens with zero attached hydrogens (tertiary/aromatic N) is 3. The third-order valence-electron chi connectivity index (χ3n) is 4.52. The maximum Gasteiger partial charge on any atom is 0.264 e. The van der Waals surface area contributed by atoms with Gasteiger partial charge in [-0.05, 0) is 30.7 Å². The van der Waals surface area contributed by atoms with Crippen molar-refractivity contribution >= 4 is 28.1 Å². The summed E-state index contributed by atoms with van der Waals surface area (Å²) in [4.78, 5) is 18.9. The number of carbonyl (C=O) groups excluding carboxylic acids is 1. The predicted molar refractivity (Wildman–Crippen MR) is 96.3 cm³/mol. The van der Waals surface area contributed by atoms with Gasteiger partial charge in [0.05, 0.1) is 16.6 Å². The smallest absolute Gasteiger partial charge is 0.264 e. The fourth-order valence-corrected chi connectivity index (χ4v) is 3.99. The second-order valence-corrected chi connectivity index (χ2v) is 7.56. The van der Waals surface area contributed by atoms with Gasteiger partial charge < -0.3 is 4.90 Å². The summed E-state index contributed by atoms with van der Waals surface area (Å²) in [6.07, 6.45) is 1.84. The number of benzene rings is 1. The first-order valence-electron chi connectivity index (χ1n) is 8.19. The molecule has 1 saturated heterocycles. The standard InChI is InChI=1S/C18H20N4OS/c1-13-2-5-17(24-13)18(23)22-8-6-21(7-9-22)12-14-3-4-15-11-19-20-16(15)10-14/h2-5,10-11H,6-9,12H2,1H3,(H,19,20).